The first kappa shape index (κ1) is 12.9. The van der Waals surface area contributed by atoms with Crippen LogP contribution >= 0.6 is 11.8 Å². The van der Waals surface area contributed by atoms with Gasteiger partial charge in [-0.25, -0.2) is 4.39 Å². The third-order valence-corrected chi connectivity index (χ3v) is 4.20. The first-order valence-electron chi connectivity index (χ1n) is 6.06. The van der Waals surface area contributed by atoms with Crippen LogP contribution in [0.4, 0.5) is 4.39 Å². The minimum Gasteiger partial charge on any atom is -0.497 e. The fourth-order valence-electron chi connectivity index (χ4n) is 2.03. The summed E-state index contributed by atoms with van der Waals surface area (Å²) in [7, 11) is 1.60. The maximum absolute atomic E-state index is 13.7. The van der Waals surface area contributed by atoms with Crippen LogP contribution in [0.15, 0.2) is 52.3 Å². The van der Waals surface area contributed by atoms with E-state index in [0.29, 0.717) is 15.4 Å². The Morgan fingerprint density at radius 2 is 1.90 bits per heavy atom. The molecule has 100 valence electrons. The summed E-state index contributed by atoms with van der Waals surface area (Å²) in [4.78, 5) is 13.1. The normalized spacial score (nSPS) is 15.5. The molecule has 0 N–H and O–H groups in total. The molecule has 20 heavy (non-hydrogen) atoms. The lowest BCUT2D eigenvalue weighted by Gasteiger charge is -2.00. The van der Waals surface area contributed by atoms with Crippen molar-refractivity contribution < 1.29 is 13.9 Å². The molecule has 0 fully saturated rings. The van der Waals surface area contributed by atoms with Gasteiger partial charge in [0.05, 0.1) is 16.9 Å². The predicted octanol–water partition coefficient (Wildman–Crippen LogP) is 4.16. The minimum atomic E-state index is -0.348. The Bertz CT molecular complexity index is 705. The molecule has 0 amide bonds. The van der Waals surface area contributed by atoms with E-state index in [-0.39, 0.29) is 11.6 Å². The number of rotatable bonds is 2. The van der Waals surface area contributed by atoms with Crippen molar-refractivity contribution in [3.05, 3.63) is 64.3 Å². The predicted molar refractivity (Wildman–Crippen MR) is 77.6 cm³/mol. The van der Waals surface area contributed by atoms with Gasteiger partial charge in [0.1, 0.15) is 11.6 Å². The highest BCUT2D eigenvalue weighted by molar-refractivity contribution is 8.04. The summed E-state index contributed by atoms with van der Waals surface area (Å²) in [5.41, 5.74) is 1.32. The van der Waals surface area contributed by atoms with Gasteiger partial charge in [-0.05, 0) is 35.9 Å². The van der Waals surface area contributed by atoms with Gasteiger partial charge in [0.15, 0.2) is 0 Å². The Labute approximate surface area is 120 Å². The summed E-state index contributed by atoms with van der Waals surface area (Å²) in [5, 5.41) is 0. The molecule has 1 aliphatic rings. The van der Waals surface area contributed by atoms with Crippen LogP contribution in [0, 0.1) is 5.82 Å². The highest BCUT2D eigenvalue weighted by atomic mass is 32.2. The van der Waals surface area contributed by atoms with Gasteiger partial charge < -0.3 is 4.74 Å². The Morgan fingerprint density at radius 1 is 1.15 bits per heavy atom. The molecule has 3 rings (SSSR count). The zero-order valence-electron chi connectivity index (χ0n) is 10.7. The van der Waals surface area contributed by atoms with E-state index in [1.54, 1.807) is 25.3 Å². The van der Waals surface area contributed by atoms with Crippen molar-refractivity contribution in [2.24, 2.45) is 0 Å². The van der Waals surface area contributed by atoms with Gasteiger partial charge in [0, 0.05) is 5.56 Å². The smallest absolute Gasteiger partial charge is 0.200 e. The van der Waals surface area contributed by atoms with Crippen molar-refractivity contribution in [1.29, 1.82) is 0 Å². The largest absolute Gasteiger partial charge is 0.497 e. The molecule has 2 nitrogen and oxygen atoms in total. The highest BCUT2D eigenvalue weighted by Gasteiger charge is 2.28. The molecule has 4 heteroatoms. The fraction of sp³-hybridized carbons (Fsp3) is 0.0625. The second-order valence-electron chi connectivity index (χ2n) is 4.33. The minimum absolute atomic E-state index is 0.125. The first-order valence-corrected chi connectivity index (χ1v) is 6.87. The number of thioether (sulfide) groups is 1. The molecule has 0 spiro atoms. The topological polar surface area (TPSA) is 26.3 Å². The van der Waals surface area contributed by atoms with Crippen molar-refractivity contribution in [1.82, 2.24) is 0 Å². The highest BCUT2D eigenvalue weighted by Crippen LogP contribution is 2.42. The molecule has 0 atom stereocenters. The van der Waals surface area contributed by atoms with Crippen LogP contribution in [0.25, 0.3) is 6.08 Å². The van der Waals surface area contributed by atoms with Crippen LogP contribution in [0.2, 0.25) is 0 Å². The molecular weight excluding hydrogens is 275 g/mol. The molecule has 0 saturated heterocycles. The maximum atomic E-state index is 13.7. The molecule has 0 unspecified atom stereocenters. The number of allylic oxidation sites excluding steroid dienone is 1. The molecule has 1 heterocycles. The number of carbonyl (C=O) groups is 1. The van der Waals surface area contributed by atoms with Gasteiger partial charge in [0.2, 0.25) is 5.78 Å². The molecule has 0 bridgehead atoms. The number of Topliss-reactive ketones (excluding diaryl/α,β-unsaturated/α-hetero) is 1. The molecule has 0 saturated carbocycles. The number of fused-ring (bicyclic) bond motifs is 1. The quantitative estimate of drug-likeness (QED) is 0.775. The molecule has 2 aromatic carbocycles. The van der Waals surface area contributed by atoms with Gasteiger partial charge in [-0.2, -0.15) is 0 Å². The number of methoxy groups -OCH3 is 1. The van der Waals surface area contributed by atoms with E-state index in [9.17, 15) is 9.18 Å². The first-order chi connectivity index (χ1) is 9.69. The number of benzene rings is 2. The van der Waals surface area contributed by atoms with Crippen molar-refractivity contribution in [2.75, 3.05) is 7.11 Å². The molecular formula is C16H11FO2S. The lowest BCUT2D eigenvalue weighted by Crippen LogP contribution is -1.94. The van der Waals surface area contributed by atoms with Gasteiger partial charge in [-0.1, -0.05) is 30.0 Å². The monoisotopic (exact) mass is 286 g/mol. The third-order valence-electron chi connectivity index (χ3n) is 3.06. The number of hydrogen-bond acceptors (Lipinski definition) is 3. The second-order valence-corrected chi connectivity index (χ2v) is 5.38. The van der Waals surface area contributed by atoms with E-state index >= 15 is 0 Å². The number of hydrogen-bond donors (Lipinski definition) is 0. The summed E-state index contributed by atoms with van der Waals surface area (Å²) < 4.78 is 18.7. The Hall–Kier alpha value is -2.07. The van der Waals surface area contributed by atoms with Gasteiger partial charge >= 0.3 is 0 Å². The fourth-order valence-corrected chi connectivity index (χ4v) is 3.08. The zero-order chi connectivity index (χ0) is 14.1. The summed E-state index contributed by atoms with van der Waals surface area (Å²) in [5.74, 6) is 0.284. The second kappa shape index (κ2) is 5.13. The lowest BCUT2D eigenvalue weighted by molar-refractivity contribution is 0.104. The molecule has 0 aromatic heterocycles. The number of ether oxygens (including phenoxy) is 1. The van der Waals surface area contributed by atoms with E-state index in [4.69, 9.17) is 4.74 Å². The summed E-state index contributed by atoms with van der Waals surface area (Å²) >= 11 is 1.18. The average Bonchev–Trinajstić information content (AvgIpc) is 2.79. The van der Waals surface area contributed by atoms with Gasteiger partial charge in [-0.3, -0.25) is 4.79 Å². The van der Waals surface area contributed by atoms with Gasteiger partial charge in [0.25, 0.3) is 0 Å². The number of carbonyl (C=O) groups excluding carboxylic acids is 1. The molecule has 1 aliphatic heterocycles. The van der Waals surface area contributed by atoms with Crippen LogP contribution < -0.4 is 4.74 Å². The third kappa shape index (κ3) is 2.23. The summed E-state index contributed by atoms with van der Waals surface area (Å²) in [6.45, 7) is 0. The van der Waals surface area contributed by atoms with Crippen LogP contribution in [0.1, 0.15) is 15.9 Å². The Kier molecular flexibility index (Phi) is 3.32. The number of ketones is 1. The van der Waals surface area contributed by atoms with Gasteiger partial charge in [-0.15, -0.1) is 0 Å². The average molecular weight is 286 g/mol. The van der Waals surface area contributed by atoms with Crippen molar-refractivity contribution in [2.45, 2.75) is 4.90 Å². The van der Waals surface area contributed by atoms with Crippen LogP contribution in [-0.4, -0.2) is 12.9 Å². The maximum Gasteiger partial charge on any atom is 0.200 e. The van der Waals surface area contributed by atoms with Crippen LogP contribution in [0.3, 0.4) is 0 Å². The Balaban J connectivity index is 1.95. The van der Waals surface area contributed by atoms with E-state index in [0.717, 1.165) is 11.3 Å². The molecule has 0 radical (unpaired) electrons. The summed E-state index contributed by atoms with van der Waals surface area (Å²) in [6.07, 6.45) is 1.77. The van der Waals surface area contributed by atoms with Crippen molar-refractivity contribution >= 4 is 23.6 Å². The van der Waals surface area contributed by atoms with Crippen molar-refractivity contribution in [3.63, 3.8) is 0 Å². The van der Waals surface area contributed by atoms with Crippen molar-refractivity contribution in [3.8, 4) is 5.75 Å². The van der Waals surface area contributed by atoms with E-state index in [1.165, 1.54) is 17.8 Å². The number of halogens is 1. The van der Waals surface area contributed by atoms with E-state index < -0.39 is 0 Å². The van der Waals surface area contributed by atoms with Crippen LogP contribution in [-0.2, 0) is 0 Å². The SMILES string of the molecule is COc1ccc(/C=C2/Sc3c(F)cccc3C2=O)cc1. The standard InChI is InChI=1S/C16H11FO2S/c1-19-11-7-5-10(6-8-11)9-14-15(18)12-3-2-4-13(17)16(12)20-14/h2-9H,1H3/b14-9+. The molecule has 2 aromatic rings. The Morgan fingerprint density at radius 3 is 2.55 bits per heavy atom. The lowest BCUT2D eigenvalue weighted by atomic mass is 10.1. The van der Waals surface area contributed by atoms with E-state index in [1.807, 2.05) is 24.3 Å². The molecule has 0 aliphatic carbocycles. The van der Waals surface area contributed by atoms with Crippen LogP contribution in [0.5, 0.6) is 5.75 Å². The van der Waals surface area contributed by atoms with E-state index in [2.05, 4.69) is 0 Å². The summed E-state index contributed by atoms with van der Waals surface area (Å²) in [6, 6.07) is 12.0. The zero-order valence-corrected chi connectivity index (χ0v) is 11.5.